The fraction of sp³-hybridized carbons (Fsp3) is 0.300. The monoisotopic (exact) mass is 498 g/mol. The zero-order chi connectivity index (χ0) is 25.2. The number of benzene rings is 2. The maximum atomic E-state index is 13.7. The molecule has 1 amide bonds. The van der Waals surface area contributed by atoms with E-state index in [1.54, 1.807) is 0 Å². The number of ether oxygens (including phenoxy) is 1. The molecule has 0 radical (unpaired) electrons. The fourth-order valence-electron chi connectivity index (χ4n) is 4.73. The summed E-state index contributed by atoms with van der Waals surface area (Å²) in [7, 11) is 0. The van der Waals surface area contributed by atoms with Crippen LogP contribution in [0.1, 0.15) is 63.4 Å². The molecule has 0 bridgehead atoms. The van der Waals surface area contributed by atoms with E-state index in [9.17, 15) is 9.59 Å². The van der Waals surface area contributed by atoms with Crippen LogP contribution in [0, 0.1) is 12.8 Å². The van der Waals surface area contributed by atoms with Gasteiger partial charge < -0.3 is 10.1 Å². The molecule has 2 heterocycles. The lowest BCUT2D eigenvalue weighted by atomic mass is 9.88. The number of carbonyl (C=O) groups is 2. The first-order valence-corrected chi connectivity index (χ1v) is 13.4. The van der Waals surface area contributed by atoms with Crippen molar-refractivity contribution in [2.75, 3.05) is 11.9 Å². The normalized spacial score (nSPS) is 14.9. The van der Waals surface area contributed by atoms with Crippen molar-refractivity contribution in [3.63, 3.8) is 0 Å². The molecule has 4 aromatic rings. The highest BCUT2D eigenvalue weighted by molar-refractivity contribution is 7.17. The van der Waals surface area contributed by atoms with Crippen LogP contribution < -0.4 is 5.32 Å². The molecule has 5 nitrogen and oxygen atoms in total. The number of aromatic nitrogens is 1. The first-order chi connectivity index (χ1) is 17.4. The van der Waals surface area contributed by atoms with Gasteiger partial charge in [-0.1, -0.05) is 61.9 Å². The summed E-state index contributed by atoms with van der Waals surface area (Å²) in [5.41, 5.74) is 5.70. The van der Waals surface area contributed by atoms with Gasteiger partial charge in [-0.05, 0) is 56.2 Å². The Balaban J connectivity index is 1.56. The number of carbonyl (C=O) groups excluding carboxylic acids is 2. The smallest absolute Gasteiger partial charge is 0.341 e. The van der Waals surface area contributed by atoms with Gasteiger partial charge in [-0.3, -0.25) is 4.79 Å². The molecular weight excluding hydrogens is 468 g/mol. The summed E-state index contributed by atoms with van der Waals surface area (Å²) in [4.78, 5) is 32.8. The molecule has 0 saturated carbocycles. The molecule has 1 N–H and O–H groups in total. The highest BCUT2D eigenvalue weighted by Gasteiger charge is 2.29. The van der Waals surface area contributed by atoms with E-state index in [1.807, 2.05) is 68.4 Å². The van der Waals surface area contributed by atoms with E-state index in [4.69, 9.17) is 9.72 Å². The van der Waals surface area contributed by atoms with Crippen molar-refractivity contribution in [2.24, 2.45) is 5.92 Å². The third-order valence-corrected chi connectivity index (χ3v) is 7.86. The number of thiophene rings is 1. The highest BCUT2D eigenvalue weighted by atomic mass is 32.1. The molecule has 2 aromatic heterocycles. The summed E-state index contributed by atoms with van der Waals surface area (Å²) in [5, 5.41) is 4.44. The van der Waals surface area contributed by atoms with E-state index in [0.29, 0.717) is 28.7 Å². The van der Waals surface area contributed by atoms with Crippen molar-refractivity contribution in [1.82, 2.24) is 4.98 Å². The quantitative estimate of drug-likeness (QED) is 0.285. The van der Waals surface area contributed by atoms with E-state index in [2.05, 4.69) is 12.2 Å². The molecule has 0 fully saturated rings. The second kappa shape index (κ2) is 10.2. The Morgan fingerprint density at radius 1 is 1.14 bits per heavy atom. The molecule has 0 aliphatic heterocycles. The number of hydrogen-bond acceptors (Lipinski definition) is 5. The summed E-state index contributed by atoms with van der Waals surface area (Å²) in [5.74, 6) is -0.0438. The van der Waals surface area contributed by atoms with Crippen LogP contribution in [0.3, 0.4) is 0 Å². The average molecular weight is 499 g/mol. The van der Waals surface area contributed by atoms with Gasteiger partial charge in [0.1, 0.15) is 5.00 Å². The zero-order valence-corrected chi connectivity index (χ0v) is 21.7. The minimum absolute atomic E-state index is 0.252. The number of rotatable bonds is 6. The molecule has 1 atom stereocenters. The second-order valence-electron chi connectivity index (χ2n) is 9.58. The van der Waals surface area contributed by atoms with Gasteiger partial charge in [0.25, 0.3) is 5.91 Å². The van der Waals surface area contributed by atoms with Gasteiger partial charge in [0.05, 0.1) is 28.9 Å². The van der Waals surface area contributed by atoms with Crippen molar-refractivity contribution in [2.45, 2.75) is 46.5 Å². The summed E-state index contributed by atoms with van der Waals surface area (Å²) in [6, 6.07) is 17.6. The van der Waals surface area contributed by atoms with Crippen molar-refractivity contribution in [3.05, 3.63) is 81.7 Å². The number of amides is 1. The number of aryl methyl sites for hydroxylation is 1. The molecule has 1 aliphatic carbocycles. The van der Waals surface area contributed by atoms with Crippen LogP contribution in [0.5, 0.6) is 0 Å². The van der Waals surface area contributed by atoms with E-state index < -0.39 is 0 Å². The minimum atomic E-state index is -0.348. The first kappa shape index (κ1) is 24.2. The number of para-hydroxylation sites is 1. The SMILES string of the molecule is CCCOC(=O)c1c(NC(=O)c2cc(-c3ccc(C)cc3)nc3ccccc23)sc2c1CC[C@@H](C)C2. The van der Waals surface area contributed by atoms with E-state index in [-0.39, 0.29) is 11.9 Å². The standard InChI is InChI=1S/C30H30N2O3S/c1-4-15-35-30(34)27-22-14-11-19(3)16-26(22)36-29(27)32-28(33)23-17-25(20-12-9-18(2)10-13-20)31-24-8-6-5-7-21(23)24/h5-10,12-13,17,19H,4,11,14-16H2,1-3H3,(H,32,33)/t19-/m1/s1. The number of fused-ring (bicyclic) bond motifs is 2. The Labute approximate surface area is 215 Å². The van der Waals surface area contributed by atoms with Gasteiger partial charge in [-0.25, -0.2) is 9.78 Å². The molecule has 0 saturated heterocycles. The van der Waals surface area contributed by atoms with Crippen LogP contribution in [-0.2, 0) is 17.6 Å². The Morgan fingerprint density at radius 3 is 2.69 bits per heavy atom. The van der Waals surface area contributed by atoms with E-state index >= 15 is 0 Å². The lowest BCUT2D eigenvalue weighted by Crippen LogP contribution is -2.17. The predicted molar refractivity (Wildman–Crippen MR) is 146 cm³/mol. The minimum Gasteiger partial charge on any atom is -0.462 e. The Kier molecular flexibility index (Phi) is 6.88. The molecule has 0 spiro atoms. The molecule has 184 valence electrons. The Hall–Kier alpha value is -3.51. The number of pyridine rings is 1. The number of nitrogens with zero attached hydrogens (tertiary/aromatic N) is 1. The van der Waals surface area contributed by atoms with Crippen LogP contribution >= 0.6 is 11.3 Å². The molecule has 36 heavy (non-hydrogen) atoms. The zero-order valence-electron chi connectivity index (χ0n) is 20.9. The fourth-order valence-corrected chi connectivity index (χ4v) is 6.12. The number of anilines is 1. The second-order valence-corrected chi connectivity index (χ2v) is 10.7. The van der Waals surface area contributed by atoms with E-state index in [1.165, 1.54) is 16.2 Å². The number of esters is 1. The average Bonchev–Trinajstić information content (AvgIpc) is 3.23. The molecule has 0 unspecified atom stereocenters. The highest BCUT2D eigenvalue weighted by Crippen LogP contribution is 2.40. The van der Waals surface area contributed by atoms with Crippen LogP contribution in [0.2, 0.25) is 0 Å². The maximum Gasteiger partial charge on any atom is 0.341 e. The predicted octanol–water partition coefficient (Wildman–Crippen LogP) is 7.22. The van der Waals surface area contributed by atoms with Gasteiger partial charge in [-0.15, -0.1) is 11.3 Å². The van der Waals surface area contributed by atoms with E-state index in [0.717, 1.165) is 59.0 Å². The Morgan fingerprint density at radius 2 is 1.92 bits per heavy atom. The van der Waals surface area contributed by atoms with Crippen molar-refractivity contribution >= 4 is 39.1 Å². The van der Waals surface area contributed by atoms with Crippen molar-refractivity contribution < 1.29 is 14.3 Å². The van der Waals surface area contributed by atoms with Gasteiger partial charge in [0.15, 0.2) is 0 Å². The topological polar surface area (TPSA) is 68.3 Å². The number of nitrogens with one attached hydrogen (secondary N) is 1. The Bertz CT molecular complexity index is 1440. The largest absolute Gasteiger partial charge is 0.462 e. The van der Waals surface area contributed by atoms with Gasteiger partial charge in [0, 0.05) is 15.8 Å². The van der Waals surface area contributed by atoms with Crippen LogP contribution in [0.15, 0.2) is 54.6 Å². The van der Waals surface area contributed by atoms with Crippen molar-refractivity contribution in [1.29, 1.82) is 0 Å². The maximum absolute atomic E-state index is 13.7. The van der Waals surface area contributed by atoms with Gasteiger partial charge in [0.2, 0.25) is 0 Å². The lowest BCUT2D eigenvalue weighted by molar-refractivity contribution is 0.0505. The molecule has 5 rings (SSSR count). The summed E-state index contributed by atoms with van der Waals surface area (Å²) >= 11 is 1.51. The first-order valence-electron chi connectivity index (χ1n) is 12.5. The third-order valence-electron chi connectivity index (χ3n) is 6.69. The van der Waals surface area contributed by atoms with Crippen LogP contribution in [-0.4, -0.2) is 23.5 Å². The summed E-state index contributed by atoms with van der Waals surface area (Å²) < 4.78 is 5.52. The van der Waals surface area contributed by atoms with Crippen molar-refractivity contribution in [3.8, 4) is 11.3 Å². The molecule has 6 heteroatoms. The van der Waals surface area contributed by atoms with Crippen LogP contribution in [0.4, 0.5) is 5.00 Å². The summed E-state index contributed by atoms with van der Waals surface area (Å²) in [6.45, 7) is 6.61. The summed E-state index contributed by atoms with van der Waals surface area (Å²) in [6.07, 6.45) is 3.52. The van der Waals surface area contributed by atoms with Gasteiger partial charge in [-0.2, -0.15) is 0 Å². The molecule has 2 aromatic carbocycles. The molecule has 1 aliphatic rings. The van der Waals surface area contributed by atoms with Crippen LogP contribution in [0.25, 0.3) is 22.2 Å². The molecular formula is C30H30N2O3S. The number of hydrogen-bond donors (Lipinski definition) is 1. The van der Waals surface area contributed by atoms with Gasteiger partial charge >= 0.3 is 5.97 Å². The third kappa shape index (κ3) is 4.78. The lowest BCUT2D eigenvalue weighted by Gasteiger charge is -2.18.